The minimum absolute atomic E-state index is 0.141. The highest BCUT2D eigenvalue weighted by molar-refractivity contribution is 8.32. The van der Waals surface area contributed by atoms with Crippen LogP contribution < -0.4 is 5.43 Å². The number of rotatable bonds is 2. The fourth-order valence-electron chi connectivity index (χ4n) is 2.53. The summed E-state index contributed by atoms with van der Waals surface area (Å²) in [6.07, 6.45) is 4.69. The van der Waals surface area contributed by atoms with Crippen molar-refractivity contribution in [1.29, 1.82) is 0 Å². The second-order valence-electron chi connectivity index (χ2n) is 6.14. The van der Waals surface area contributed by atoms with Gasteiger partial charge in [0.05, 0.1) is 5.02 Å². The third-order valence-corrected chi connectivity index (χ3v) is 7.09. The van der Waals surface area contributed by atoms with Crippen LogP contribution in [0.3, 0.4) is 0 Å². The van der Waals surface area contributed by atoms with Gasteiger partial charge in [-0.3, -0.25) is 10.2 Å². The topological polar surface area (TPSA) is 48.1 Å². The van der Waals surface area contributed by atoms with Gasteiger partial charge in [0, 0.05) is 29.0 Å². The van der Waals surface area contributed by atoms with Gasteiger partial charge in [-0.05, 0) is 42.2 Å². The maximum atomic E-state index is 12.4. The Labute approximate surface area is 141 Å². The van der Waals surface area contributed by atoms with E-state index in [-0.39, 0.29) is 5.91 Å². The molecule has 1 fully saturated rings. The SMILES string of the molecule is CS1(C)CCN(NC(=O)c2cc3c(Cl)cc(Cl)cc3[nH]2)CC1. The van der Waals surface area contributed by atoms with Gasteiger partial charge < -0.3 is 4.98 Å². The molecular formula is C15H19Cl2N3OS. The maximum Gasteiger partial charge on any atom is 0.282 e. The quantitative estimate of drug-likeness (QED) is 0.861. The molecule has 22 heavy (non-hydrogen) atoms. The molecule has 0 aliphatic carbocycles. The van der Waals surface area contributed by atoms with E-state index in [9.17, 15) is 4.79 Å². The summed E-state index contributed by atoms with van der Waals surface area (Å²) in [5, 5.41) is 3.90. The number of aromatic amines is 1. The predicted octanol–water partition coefficient (Wildman–Crippen LogP) is 3.50. The Kier molecular flexibility index (Phi) is 4.34. The summed E-state index contributed by atoms with van der Waals surface area (Å²) in [6, 6.07) is 5.21. The van der Waals surface area contributed by atoms with Crippen LogP contribution in [0, 0.1) is 0 Å². The van der Waals surface area contributed by atoms with Crippen LogP contribution >= 0.6 is 33.2 Å². The number of carbonyl (C=O) groups excluding carboxylic acids is 1. The number of nitrogens with zero attached hydrogens (tertiary/aromatic N) is 1. The van der Waals surface area contributed by atoms with Crippen molar-refractivity contribution in [3.8, 4) is 0 Å². The lowest BCUT2D eigenvalue weighted by atomic mass is 10.2. The van der Waals surface area contributed by atoms with Gasteiger partial charge in [-0.2, -0.15) is 0 Å². The van der Waals surface area contributed by atoms with Crippen LogP contribution in [0.25, 0.3) is 10.9 Å². The first-order valence-electron chi connectivity index (χ1n) is 7.06. The normalized spacial score (nSPS) is 20.0. The van der Waals surface area contributed by atoms with E-state index in [0.717, 1.165) is 35.5 Å². The Bertz CT molecular complexity index is 719. The van der Waals surface area contributed by atoms with E-state index < -0.39 is 10.0 Å². The molecular weight excluding hydrogens is 341 g/mol. The van der Waals surface area contributed by atoms with E-state index in [1.807, 2.05) is 5.01 Å². The van der Waals surface area contributed by atoms with Gasteiger partial charge in [-0.1, -0.05) is 23.2 Å². The van der Waals surface area contributed by atoms with E-state index in [4.69, 9.17) is 23.2 Å². The number of benzene rings is 1. The van der Waals surface area contributed by atoms with Crippen molar-refractivity contribution < 1.29 is 4.79 Å². The molecule has 1 saturated heterocycles. The Hall–Kier alpha value is -0.880. The van der Waals surface area contributed by atoms with Crippen molar-refractivity contribution in [2.24, 2.45) is 0 Å². The molecule has 120 valence electrons. The number of amides is 1. The number of hydrazine groups is 1. The predicted molar refractivity (Wildman–Crippen MR) is 96.5 cm³/mol. The van der Waals surface area contributed by atoms with Gasteiger partial charge >= 0.3 is 0 Å². The van der Waals surface area contributed by atoms with Crippen LogP contribution in [0.2, 0.25) is 10.0 Å². The van der Waals surface area contributed by atoms with Gasteiger partial charge in [-0.15, -0.1) is 0 Å². The fraction of sp³-hybridized carbons (Fsp3) is 0.400. The van der Waals surface area contributed by atoms with Crippen molar-refractivity contribution in [3.05, 3.63) is 33.9 Å². The lowest BCUT2D eigenvalue weighted by molar-refractivity contribution is 0.0799. The first-order chi connectivity index (χ1) is 10.3. The number of aromatic nitrogens is 1. The molecule has 1 aliphatic heterocycles. The molecule has 7 heteroatoms. The summed E-state index contributed by atoms with van der Waals surface area (Å²) in [4.78, 5) is 15.5. The number of H-pyrrole nitrogens is 1. The molecule has 3 rings (SSSR count). The number of hydrogen-bond acceptors (Lipinski definition) is 2. The number of nitrogens with one attached hydrogen (secondary N) is 2. The summed E-state index contributed by atoms with van der Waals surface area (Å²) < 4.78 is 0. The molecule has 2 N–H and O–H groups in total. The van der Waals surface area contributed by atoms with Crippen molar-refractivity contribution >= 4 is 50.0 Å². The molecule has 1 aromatic carbocycles. The first kappa shape index (κ1) is 16.0. The maximum absolute atomic E-state index is 12.4. The summed E-state index contributed by atoms with van der Waals surface area (Å²) >= 11 is 12.1. The molecule has 0 bridgehead atoms. The highest BCUT2D eigenvalue weighted by Gasteiger charge is 2.23. The molecule has 2 aromatic rings. The lowest BCUT2D eigenvalue weighted by Crippen LogP contribution is -2.49. The Morgan fingerprint density at radius 1 is 1.23 bits per heavy atom. The molecule has 0 spiro atoms. The highest BCUT2D eigenvalue weighted by Crippen LogP contribution is 2.41. The van der Waals surface area contributed by atoms with Gasteiger partial charge in [0.1, 0.15) is 5.69 Å². The average molecular weight is 360 g/mol. The van der Waals surface area contributed by atoms with Crippen LogP contribution in [-0.2, 0) is 0 Å². The van der Waals surface area contributed by atoms with E-state index in [0.29, 0.717) is 15.7 Å². The molecule has 0 radical (unpaired) electrons. The third-order valence-electron chi connectivity index (χ3n) is 3.98. The largest absolute Gasteiger partial charge is 0.350 e. The second kappa shape index (κ2) is 5.96. The van der Waals surface area contributed by atoms with Crippen LogP contribution in [0.4, 0.5) is 0 Å². The Balaban J connectivity index is 1.74. The fourth-order valence-corrected chi connectivity index (χ4v) is 4.71. The Morgan fingerprint density at radius 2 is 1.91 bits per heavy atom. The number of halogens is 2. The average Bonchev–Trinajstić information content (AvgIpc) is 2.85. The minimum atomic E-state index is -0.480. The van der Waals surface area contributed by atoms with Crippen LogP contribution in [0.15, 0.2) is 18.2 Å². The number of carbonyl (C=O) groups is 1. The van der Waals surface area contributed by atoms with E-state index >= 15 is 0 Å². The first-order valence-corrected chi connectivity index (χ1v) is 10.6. The molecule has 1 amide bonds. The van der Waals surface area contributed by atoms with E-state index in [1.54, 1.807) is 18.2 Å². The summed E-state index contributed by atoms with van der Waals surface area (Å²) in [5.74, 6) is 2.17. The molecule has 4 nitrogen and oxygen atoms in total. The zero-order valence-corrected chi connectivity index (χ0v) is 14.9. The van der Waals surface area contributed by atoms with Gasteiger partial charge in [0.15, 0.2) is 0 Å². The van der Waals surface area contributed by atoms with Gasteiger partial charge in [-0.25, -0.2) is 15.0 Å². The molecule has 0 saturated carbocycles. The van der Waals surface area contributed by atoms with Crippen molar-refractivity contribution in [1.82, 2.24) is 15.4 Å². The monoisotopic (exact) mass is 359 g/mol. The zero-order chi connectivity index (χ0) is 15.9. The summed E-state index contributed by atoms with van der Waals surface area (Å²) in [7, 11) is -0.480. The summed E-state index contributed by atoms with van der Waals surface area (Å²) in [6.45, 7) is 1.81. The molecule has 1 aliphatic rings. The van der Waals surface area contributed by atoms with Crippen LogP contribution in [-0.4, -0.2) is 53.0 Å². The second-order valence-corrected chi connectivity index (χ2v) is 11.3. The van der Waals surface area contributed by atoms with E-state index in [1.165, 1.54) is 0 Å². The zero-order valence-electron chi connectivity index (χ0n) is 12.6. The molecule has 0 unspecified atom stereocenters. The molecule has 0 atom stereocenters. The minimum Gasteiger partial charge on any atom is -0.350 e. The van der Waals surface area contributed by atoms with Crippen molar-refractivity contribution in [2.45, 2.75) is 0 Å². The van der Waals surface area contributed by atoms with Gasteiger partial charge in [0.25, 0.3) is 5.91 Å². The number of hydrogen-bond donors (Lipinski definition) is 2. The molecule has 1 aromatic heterocycles. The van der Waals surface area contributed by atoms with Crippen LogP contribution in [0.5, 0.6) is 0 Å². The third kappa shape index (κ3) is 3.38. The van der Waals surface area contributed by atoms with Crippen molar-refractivity contribution in [2.75, 3.05) is 37.1 Å². The number of fused-ring (bicyclic) bond motifs is 1. The molecule has 2 heterocycles. The summed E-state index contributed by atoms with van der Waals surface area (Å²) in [5.41, 5.74) is 4.24. The highest BCUT2D eigenvalue weighted by atomic mass is 35.5. The van der Waals surface area contributed by atoms with E-state index in [2.05, 4.69) is 22.9 Å². The van der Waals surface area contributed by atoms with Gasteiger partial charge in [0.2, 0.25) is 0 Å². The lowest BCUT2D eigenvalue weighted by Gasteiger charge is -2.40. The smallest absolute Gasteiger partial charge is 0.282 e. The van der Waals surface area contributed by atoms with Crippen molar-refractivity contribution in [3.63, 3.8) is 0 Å². The van der Waals surface area contributed by atoms with Crippen LogP contribution in [0.1, 0.15) is 10.5 Å². The standard InChI is InChI=1S/C15H19Cl2N3OS/c1-22(2)5-3-20(4-6-22)19-15(21)14-9-11-12(17)7-10(16)8-13(11)18-14/h7-9,18H,3-6H2,1-2H3,(H,19,21). The Morgan fingerprint density at radius 3 is 2.59 bits per heavy atom.